The number of ether oxygens (including phenoxy) is 1. The molecule has 1 aliphatic rings. The van der Waals surface area contributed by atoms with E-state index in [-0.39, 0.29) is 5.91 Å². The molecule has 1 aliphatic heterocycles. The molecule has 1 fully saturated rings. The Hall–Kier alpha value is -1.20. The number of hydrogen-bond acceptors (Lipinski definition) is 4. The van der Waals surface area contributed by atoms with Crippen LogP contribution in [-0.2, 0) is 4.79 Å². The van der Waals surface area contributed by atoms with Crippen molar-refractivity contribution in [2.45, 2.75) is 23.8 Å². The molecule has 1 heterocycles. The number of amides is 1. The van der Waals surface area contributed by atoms with E-state index in [9.17, 15) is 4.79 Å². The average Bonchev–Trinajstić information content (AvgIpc) is 2.96. The third-order valence-electron chi connectivity index (χ3n) is 3.14. The minimum Gasteiger partial charge on any atom is -0.497 e. The minimum atomic E-state index is 0.0921. The highest BCUT2D eigenvalue weighted by Crippen LogP contribution is 2.20. The molecule has 0 bridgehead atoms. The largest absolute Gasteiger partial charge is 0.497 e. The first-order valence-corrected chi connectivity index (χ1v) is 7.53. The van der Waals surface area contributed by atoms with Crippen LogP contribution >= 0.6 is 11.8 Å². The molecule has 104 valence electrons. The van der Waals surface area contributed by atoms with Crippen molar-refractivity contribution >= 4 is 17.7 Å². The lowest BCUT2D eigenvalue weighted by Crippen LogP contribution is -2.37. The maximum absolute atomic E-state index is 11.7. The molecule has 19 heavy (non-hydrogen) atoms. The van der Waals surface area contributed by atoms with Crippen LogP contribution < -0.4 is 15.4 Å². The van der Waals surface area contributed by atoms with E-state index >= 15 is 0 Å². The van der Waals surface area contributed by atoms with Gasteiger partial charge in [0.15, 0.2) is 0 Å². The van der Waals surface area contributed by atoms with Crippen LogP contribution in [0.2, 0.25) is 0 Å². The van der Waals surface area contributed by atoms with Gasteiger partial charge in [-0.2, -0.15) is 0 Å². The van der Waals surface area contributed by atoms with Crippen LogP contribution in [0, 0.1) is 0 Å². The Labute approximate surface area is 118 Å². The van der Waals surface area contributed by atoms with Gasteiger partial charge in [-0.1, -0.05) is 0 Å². The first-order chi connectivity index (χ1) is 9.28. The van der Waals surface area contributed by atoms with Crippen LogP contribution in [-0.4, -0.2) is 37.9 Å². The van der Waals surface area contributed by atoms with Crippen molar-refractivity contribution in [2.24, 2.45) is 0 Å². The molecule has 1 saturated heterocycles. The number of hydrogen-bond donors (Lipinski definition) is 2. The van der Waals surface area contributed by atoms with Crippen LogP contribution in [0.25, 0.3) is 0 Å². The van der Waals surface area contributed by atoms with E-state index in [1.807, 2.05) is 24.3 Å². The molecule has 0 spiro atoms. The Bertz CT molecular complexity index is 402. The minimum absolute atomic E-state index is 0.0921. The van der Waals surface area contributed by atoms with E-state index in [2.05, 4.69) is 10.6 Å². The first kappa shape index (κ1) is 14.2. The quantitative estimate of drug-likeness (QED) is 0.778. The zero-order valence-electron chi connectivity index (χ0n) is 11.1. The van der Waals surface area contributed by atoms with Crippen molar-refractivity contribution in [2.75, 3.05) is 26.0 Å². The van der Waals surface area contributed by atoms with Crippen molar-refractivity contribution < 1.29 is 9.53 Å². The number of carbonyl (C=O) groups excluding carboxylic acids is 1. The van der Waals surface area contributed by atoms with Gasteiger partial charge in [0, 0.05) is 17.5 Å². The number of thioether (sulfide) groups is 1. The molecule has 0 radical (unpaired) electrons. The second-order valence-electron chi connectivity index (χ2n) is 4.56. The predicted octanol–water partition coefficient (Wildman–Crippen LogP) is 1.66. The summed E-state index contributed by atoms with van der Waals surface area (Å²) in [6.07, 6.45) is 2.37. The number of carbonyl (C=O) groups is 1. The molecule has 5 heteroatoms. The van der Waals surface area contributed by atoms with Crippen molar-refractivity contribution in [1.82, 2.24) is 10.6 Å². The van der Waals surface area contributed by atoms with Gasteiger partial charge in [-0.25, -0.2) is 0 Å². The molecular weight excluding hydrogens is 260 g/mol. The molecule has 4 nitrogen and oxygen atoms in total. The van der Waals surface area contributed by atoms with E-state index in [1.54, 1.807) is 18.9 Å². The highest BCUT2D eigenvalue weighted by molar-refractivity contribution is 8.00. The summed E-state index contributed by atoms with van der Waals surface area (Å²) in [4.78, 5) is 12.8. The predicted molar refractivity (Wildman–Crippen MR) is 77.8 cm³/mol. The number of rotatable bonds is 6. The molecule has 0 saturated carbocycles. The Morgan fingerprint density at radius 2 is 2.26 bits per heavy atom. The van der Waals surface area contributed by atoms with Crippen LogP contribution in [0.4, 0.5) is 0 Å². The number of benzene rings is 1. The normalized spacial score (nSPS) is 18.3. The lowest BCUT2D eigenvalue weighted by atomic mass is 10.2. The molecule has 1 aromatic rings. The molecule has 0 aliphatic carbocycles. The molecule has 1 aromatic carbocycles. The standard InChI is InChI=1S/C14H20N2O2S/c1-18-12-4-6-13(7-5-12)19-10-14(17)16-9-11-3-2-8-15-11/h4-7,11,15H,2-3,8-10H2,1H3,(H,16,17). The van der Waals surface area contributed by atoms with E-state index in [4.69, 9.17) is 4.74 Å². The molecule has 1 atom stereocenters. The summed E-state index contributed by atoms with van der Waals surface area (Å²) >= 11 is 1.54. The van der Waals surface area contributed by atoms with Gasteiger partial charge >= 0.3 is 0 Å². The van der Waals surface area contributed by atoms with E-state index in [1.165, 1.54) is 6.42 Å². The molecule has 2 rings (SSSR count). The highest BCUT2D eigenvalue weighted by Gasteiger charge is 2.14. The Morgan fingerprint density at radius 3 is 2.89 bits per heavy atom. The molecule has 1 amide bonds. The Kier molecular flexibility index (Phi) is 5.54. The van der Waals surface area contributed by atoms with E-state index in [0.717, 1.165) is 30.2 Å². The van der Waals surface area contributed by atoms with Crippen LogP contribution in [0.1, 0.15) is 12.8 Å². The van der Waals surface area contributed by atoms with Gasteiger partial charge in [0.05, 0.1) is 12.9 Å². The SMILES string of the molecule is COc1ccc(SCC(=O)NCC2CCCN2)cc1. The Balaban J connectivity index is 1.67. The average molecular weight is 280 g/mol. The fraction of sp³-hybridized carbons (Fsp3) is 0.500. The maximum Gasteiger partial charge on any atom is 0.230 e. The van der Waals surface area contributed by atoms with Gasteiger partial charge in [0.25, 0.3) is 0 Å². The summed E-state index contributed by atoms with van der Waals surface area (Å²) in [6, 6.07) is 8.20. The summed E-state index contributed by atoms with van der Waals surface area (Å²) in [5.74, 6) is 1.38. The molecule has 1 unspecified atom stereocenters. The van der Waals surface area contributed by atoms with Gasteiger partial charge in [-0.15, -0.1) is 11.8 Å². The third-order valence-corrected chi connectivity index (χ3v) is 4.15. The summed E-state index contributed by atoms with van der Waals surface area (Å²) in [7, 11) is 1.65. The second kappa shape index (κ2) is 7.40. The van der Waals surface area contributed by atoms with E-state index < -0.39 is 0 Å². The highest BCUT2D eigenvalue weighted by atomic mass is 32.2. The summed E-state index contributed by atoms with van der Waals surface area (Å²) in [5.41, 5.74) is 0. The van der Waals surface area contributed by atoms with Crippen molar-refractivity contribution in [3.8, 4) is 5.75 Å². The van der Waals surface area contributed by atoms with Crippen molar-refractivity contribution in [3.63, 3.8) is 0 Å². The lowest BCUT2D eigenvalue weighted by molar-refractivity contribution is -0.118. The zero-order chi connectivity index (χ0) is 13.5. The lowest BCUT2D eigenvalue weighted by Gasteiger charge is -2.11. The smallest absolute Gasteiger partial charge is 0.230 e. The fourth-order valence-electron chi connectivity index (χ4n) is 2.04. The zero-order valence-corrected chi connectivity index (χ0v) is 12.0. The number of methoxy groups -OCH3 is 1. The van der Waals surface area contributed by atoms with Gasteiger partial charge in [-0.3, -0.25) is 4.79 Å². The summed E-state index contributed by atoms with van der Waals surface area (Å²) < 4.78 is 5.09. The second-order valence-corrected chi connectivity index (χ2v) is 5.61. The van der Waals surface area contributed by atoms with Gasteiger partial charge < -0.3 is 15.4 Å². The number of nitrogens with one attached hydrogen (secondary N) is 2. The van der Waals surface area contributed by atoms with Gasteiger partial charge in [0.1, 0.15) is 5.75 Å². The molecule has 2 N–H and O–H groups in total. The maximum atomic E-state index is 11.7. The van der Waals surface area contributed by atoms with Crippen LogP contribution in [0.15, 0.2) is 29.2 Å². The monoisotopic (exact) mass is 280 g/mol. The molecule has 0 aromatic heterocycles. The third kappa shape index (κ3) is 4.76. The first-order valence-electron chi connectivity index (χ1n) is 6.55. The van der Waals surface area contributed by atoms with Crippen LogP contribution in [0.5, 0.6) is 5.75 Å². The molecular formula is C14H20N2O2S. The van der Waals surface area contributed by atoms with E-state index in [0.29, 0.717) is 11.8 Å². The fourth-order valence-corrected chi connectivity index (χ4v) is 2.77. The van der Waals surface area contributed by atoms with Crippen molar-refractivity contribution in [1.29, 1.82) is 0 Å². The van der Waals surface area contributed by atoms with Gasteiger partial charge in [-0.05, 0) is 43.7 Å². The Morgan fingerprint density at radius 1 is 1.47 bits per heavy atom. The van der Waals surface area contributed by atoms with Crippen molar-refractivity contribution in [3.05, 3.63) is 24.3 Å². The summed E-state index contributed by atoms with van der Waals surface area (Å²) in [6.45, 7) is 1.81. The van der Waals surface area contributed by atoms with Gasteiger partial charge in [0.2, 0.25) is 5.91 Å². The van der Waals surface area contributed by atoms with Crippen LogP contribution in [0.3, 0.4) is 0 Å². The summed E-state index contributed by atoms with van der Waals surface area (Å²) in [5, 5.41) is 6.33. The topological polar surface area (TPSA) is 50.4 Å².